The number of nitrogens with zero attached hydrogens (tertiary/aromatic N) is 3. The molecule has 0 saturated carbocycles. The van der Waals surface area contributed by atoms with E-state index in [0.29, 0.717) is 32.0 Å². The molecule has 3 aliphatic rings. The fourth-order valence-corrected chi connectivity index (χ4v) is 4.26. The number of piperidine rings is 1. The Hall–Kier alpha value is -2.08. The Bertz CT molecular complexity index is 693. The molecule has 2 fully saturated rings. The molecule has 0 N–H and O–H groups in total. The summed E-state index contributed by atoms with van der Waals surface area (Å²) in [4.78, 5) is 30.6. The normalized spacial score (nSPS) is 26.3. The molecule has 2 saturated heterocycles. The van der Waals surface area contributed by atoms with E-state index in [1.165, 1.54) is 10.6 Å². The van der Waals surface area contributed by atoms with Crippen LogP contribution in [-0.4, -0.2) is 67.0 Å². The fourth-order valence-electron chi connectivity index (χ4n) is 4.26. The molecule has 140 valence electrons. The van der Waals surface area contributed by atoms with Crippen molar-refractivity contribution in [2.24, 2.45) is 5.92 Å². The molecule has 0 radical (unpaired) electrons. The lowest BCUT2D eigenvalue weighted by Crippen LogP contribution is -2.57. The topological polar surface area (TPSA) is 53.1 Å². The first-order valence-corrected chi connectivity index (χ1v) is 9.68. The van der Waals surface area contributed by atoms with E-state index in [-0.39, 0.29) is 17.7 Å². The molecule has 2 unspecified atom stereocenters. The van der Waals surface area contributed by atoms with Crippen LogP contribution in [-0.2, 0) is 9.59 Å². The molecule has 26 heavy (non-hydrogen) atoms. The molecule has 2 atom stereocenters. The molecule has 6 heteroatoms. The van der Waals surface area contributed by atoms with Crippen molar-refractivity contribution in [3.63, 3.8) is 0 Å². The van der Waals surface area contributed by atoms with Crippen molar-refractivity contribution in [2.45, 2.75) is 32.2 Å². The molecule has 0 aliphatic carbocycles. The Morgan fingerprint density at radius 3 is 2.88 bits per heavy atom. The summed E-state index contributed by atoms with van der Waals surface area (Å²) < 4.78 is 5.91. The lowest BCUT2D eigenvalue weighted by Gasteiger charge is -2.45. The predicted octanol–water partition coefficient (Wildman–Crippen LogP) is 1.74. The summed E-state index contributed by atoms with van der Waals surface area (Å²) in [6.45, 7) is 7.05. The van der Waals surface area contributed by atoms with Crippen molar-refractivity contribution < 1.29 is 14.3 Å². The molecule has 0 spiro atoms. The van der Waals surface area contributed by atoms with Gasteiger partial charge in [0.2, 0.25) is 11.8 Å². The maximum atomic E-state index is 12.2. The fraction of sp³-hybridized carbons (Fsp3) is 0.600. The van der Waals surface area contributed by atoms with Crippen LogP contribution in [0.2, 0.25) is 0 Å². The Balaban J connectivity index is 1.29. The predicted molar refractivity (Wildman–Crippen MR) is 99.2 cm³/mol. The third-order valence-corrected chi connectivity index (χ3v) is 5.81. The number of amides is 2. The van der Waals surface area contributed by atoms with E-state index in [9.17, 15) is 9.59 Å². The van der Waals surface area contributed by atoms with Crippen molar-refractivity contribution in [3.05, 3.63) is 24.3 Å². The van der Waals surface area contributed by atoms with Gasteiger partial charge in [0.15, 0.2) is 0 Å². The van der Waals surface area contributed by atoms with Crippen LogP contribution in [0.4, 0.5) is 5.69 Å². The minimum atomic E-state index is -0.0179. The second-order valence-electron chi connectivity index (χ2n) is 7.60. The lowest BCUT2D eigenvalue weighted by molar-refractivity contribution is -0.151. The molecule has 1 aromatic carbocycles. The number of carbonyl (C=O) groups is 2. The molecular weight excluding hydrogens is 330 g/mol. The first kappa shape index (κ1) is 17.3. The van der Waals surface area contributed by atoms with Gasteiger partial charge in [0.05, 0.1) is 11.7 Å². The number of hydrogen-bond donors (Lipinski definition) is 0. The maximum absolute atomic E-state index is 12.2. The minimum Gasteiger partial charge on any atom is -0.489 e. The number of piperazine rings is 1. The highest BCUT2D eigenvalue weighted by atomic mass is 16.5. The van der Waals surface area contributed by atoms with E-state index in [2.05, 4.69) is 21.9 Å². The van der Waals surface area contributed by atoms with Gasteiger partial charge in [0, 0.05) is 38.5 Å². The summed E-state index contributed by atoms with van der Waals surface area (Å²) in [7, 11) is 0. The van der Waals surface area contributed by atoms with E-state index in [1.807, 2.05) is 19.1 Å². The van der Waals surface area contributed by atoms with Crippen molar-refractivity contribution >= 4 is 17.5 Å². The quantitative estimate of drug-likeness (QED) is 0.769. The van der Waals surface area contributed by atoms with Gasteiger partial charge in [-0.05, 0) is 31.5 Å². The Morgan fingerprint density at radius 2 is 2.00 bits per heavy atom. The monoisotopic (exact) mass is 357 g/mol. The SMILES string of the molecule is CC1CCC(=O)N(CCCN2CCN3c4ccccc4OCC3C2)C1=O. The number of rotatable bonds is 4. The van der Waals surface area contributed by atoms with Gasteiger partial charge in [-0.25, -0.2) is 0 Å². The largest absolute Gasteiger partial charge is 0.489 e. The molecule has 6 nitrogen and oxygen atoms in total. The number of benzene rings is 1. The van der Waals surface area contributed by atoms with Crippen molar-refractivity contribution in [3.8, 4) is 5.75 Å². The summed E-state index contributed by atoms with van der Waals surface area (Å²) in [6, 6.07) is 8.61. The van der Waals surface area contributed by atoms with E-state index >= 15 is 0 Å². The molecular formula is C20H27N3O3. The molecule has 1 aromatic rings. The lowest BCUT2D eigenvalue weighted by atomic mass is 9.98. The first-order chi connectivity index (χ1) is 12.6. The number of carbonyl (C=O) groups excluding carboxylic acids is 2. The van der Waals surface area contributed by atoms with Gasteiger partial charge in [-0.15, -0.1) is 0 Å². The van der Waals surface area contributed by atoms with Crippen molar-refractivity contribution in [1.82, 2.24) is 9.80 Å². The molecule has 4 rings (SSSR count). The van der Waals surface area contributed by atoms with E-state index in [1.54, 1.807) is 0 Å². The van der Waals surface area contributed by atoms with Gasteiger partial charge < -0.3 is 9.64 Å². The zero-order valence-corrected chi connectivity index (χ0v) is 15.4. The summed E-state index contributed by atoms with van der Waals surface area (Å²) in [6.07, 6.45) is 2.04. The van der Waals surface area contributed by atoms with Crippen LogP contribution in [0.15, 0.2) is 24.3 Å². The van der Waals surface area contributed by atoms with Gasteiger partial charge in [-0.3, -0.25) is 19.4 Å². The van der Waals surface area contributed by atoms with Gasteiger partial charge >= 0.3 is 0 Å². The molecule has 2 amide bonds. The Morgan fingerprint density at radius 1 is 1.15 bits per heavy atom. The highest BCUT2D eigenvalue weighted by molar-refractivity contribution is 5.98. The second kappa shape index (κ2) is 7.27. The summed E-state index contributed by atoms with van der Waals surface area (Å²) in [5, 5.41) is 0. The third kappa shape index (κ3) is 3.30. The Kier molecular flexibility index (Phi) is 4.85. The number of hydrogen-bond acceptors (Lipinski definition) is 5. The number of ether oxygens (including phenoxy) is 1. The van der Waals surface area contributed by atoms with E-state index in [0.717, 1.165) is 38.3 Å². The van der Waals surface area contributed by atoms with Crippen LogP contribution in [0.3, 0.4) is 0 Å². The average molecular weight is 357 g/mol. The van der Waals surface area contributed by atoms with Gasteiger partial charge in [0.25, 0.3) is 0 Å². The zero-order chi connectivity index (χ0) is 18.1. The maximum Gasteiger partial charge on any atom is 0.232 e. The number of para-hydroxylation sites is 2. The van der Waals surface area contributed by atoms with E-state index in [4.69, 9.17) is 4.74 Å². The summed E-state index contributed by atoms with van der Waals surface area (Å²) >= 11 is 0. The molecule has 3 heterocycles. The van der Waals surface area contributed by atoms with Crippen molar-refractivity contribution in [1.29, 1.82) is 0 Å². The van der Waals surface area contributed by atoms with Crippen LogP contribution < -0.4 is 9.64 Å². The Labute approximate surface area is 154 Å². The summed E-state index contributed by atoms with van der Waals surface area (Å²) in [5.74, 6) is 0.961. The third-order valence-electron chi connectivity index (χ3n) is 5.81. The van der Waals surface area contributed by atoms with Gasteiger partial charge in [0.1, 0.15) is 12.4 Å². The van der Waals surface area contributed by atoms with Gasteiger partial charge in [-0.2, -0.15) is 0 Å². The highest BCUT2D eigenvalue weighted by Crippen LogP contribution is 2.34. The molecule has 0 aromatic heterocycles. The number of likely N-dealkylation sites (tertiary alicyclic amines) is 1. The van der Waals surface area contributed by atoms with Gasteiger partial charge in [-0.1, -0.05) is 19.1 Å². The highest BCUT2D eigenvalue weighted by Gasteiger charge is 2.33. The number of fused-ring (bicyclic) bond motifs is 3. The van der Waals surface area contributed by atoms with Crippen LogP contribution in [0.5, 0.6) is 5.75 Å². The summed E-state index contributed by atoms with van der Waals surface area (Å²) in [5.41, 5.74) is 1.20. The average Bonchev–Trinajstić information content (AvgIpc) is 2.67. The standard InChI is InChI=1S/C20H27N3O3/c1-15-7-8-19(24)23(20(15)25)10-4-9-21-11-12-22-16(13-21)14-26-18-6-3-2-5-17(18)22/h2-3,5-6,15-16H,4,7-14H2,1H3. The van der Waals surface area contributed by atoms with Crippen molar-refractivity contribution in [2.75, 3.05) is 44.2 Å². The van der Waals surface area contributed by atoms with Crippen LogP contribution >= 0.6 is 0 Å². The van der Waals surface area contributed by atoms with Crippen LogP contribution in [0.25, 0.3) is 0 Å². The zero-order valence-electron chi connectivity index (χ0n) is 15.4. The minimum absolute atomic E-state index is 0.00311. The molecule has 3 aliphatic heterocycles. The number of anilines is 1. The van der Waals surface area contributed by atoms with Crippen LogP contribution in [0.1, 0.15) is 26.2 Å². The second-order valence-corrected chi connectivity index (χ2v) is 7.60. The smallest absolute Gasteiger partial charge is 0.232 e. The van der Waals surface area contributed by atoms with Crippen LogP contribution in [0, 0.1) is 5.92 Å². The number of imide groups is 1. The molecule has 0 bridgehead atoms. The first-order valence-electron chi connectivity index (χ1n) is 9.68. The van der Waals surface area contributed by atoms with E-state index < -0.39 is 0 Å².